The van der Waals surface area contributed by atoms with E-state index in [1.165, 1.54) is 32.1 Å². The van der Waals surface area contributed by atoms with Gasteiger partial charge in [-0.05, 0) is 44.1 Å². The smallest absolute Gasteiger partial charge is 0.0618 e. The van der Waals surface area contributed by atoms with Crippen LogP contribution in [0.25, 0.3) is 0 Å². The van der Waals surface area contributed by atoms with Gasteiger partial charge < -0.3 is 15.2 Å². The Hall–Kier alpha value is -0.120. The third-order valence-corrected chi connectivity index (χ3v) is 3.86. The molecule has 0 aromatic rings. The van der Waals surface area contributed by atoms with E-state index in [9.17, 15) is 0 Å². The summed E-state index contributed by atoms with van der Waals surface area (Å²) in [6.45, 7) is 4.64. The molecule has 0 spiro atoms. The molecule has 0 aromatic carbocycles. The van der Waals surface area contributed by atoms with Crippen LogP contribution in [0.3, 0.4) is 0 Å². The van der Waals surface area contributed by atoms with Gasteiger partial charge in [0.25, 0.3) is 0 Å². The Morgan fingerprint density at radius 3 is 2.71 bits per heavy atom. The van der Waals surface area contributed by atoms with Gasteiger partial charge in [-0.25, -0.2) is 0 Å². The summed E-state index contributed by atoms with van der Waals surface area (Å²) in [6, 6.07) is 0. The van der Waals surface area contributed by atoms with E-state index >= 15 is 0 Å². The fourth-order valence-corrected chi connectivity index (χ4v) is 2.86. The zero-order chi connectivity index (χ0) is 12.5. The van der Waals surface area contributed by atoms with Crippen LogP contribution in [-0.2, 0) is 9.47 Å². The Bertz CT molecular complexity index is 187. The molecule has 3 heteroatoms. The van der Waals surface area contributed by atoms with E-state index in [0.717, 1.165) is 32.1 Å². The Morgan fingerprint density at radius 2 is 2.06 bits per heavy atom. The summed E-state index contributed by atoms with van der Waals surface area (Å²) in [5.74, 6) is 1.43. The normalized spacial score (nSPS) is 29.5. The summed E-state index contributed by atoms with van der Waals surface area (Å²) < 4.78 is 11.0. The molecular formula is C14H29NO2. The first kappa shape index (κ1) is 14.9. The minimum Gasteiger partial charge on any atom is -0.385 e. The molecule has 0 aliphatic heterocycles. The number of nitrogens with two attached hydrogens (primary N) is 1. The predicted molar refractivity (Wildman–Crippen MR) is 71.0 cm³/mol. The van der Waals surface area contributed by atoms with Gasteiger partial charge in [0.15, 0.2) is 0 Å². The highest BCUT2D eigenvalue weighted by Crippen LogP contribution is 2.33. The van der Waals surface area contributed by atoms with Crippen molar-refractivity contribution in [1.29, 1.82) is 0 Å². The minimum atomic E-state index is 0.391. The minimum absolute atomic E-state index is 0.391. The van der Waals surface area contributed by atoms with Crippen LogP contribution in [0.5, 0.6) is 0 Å². The molecule has 1 fully saturated rings. The van der Waals surface area contributed by atoms with Crippen LogP contribution in [-0.4, -0.2) is 33.0 Å². The number of methoxy groups -OCH3 is 1. The lowest BCUT2D eigenvalue weighted by atomic mass is 9.78. The molecular weight excluding hydrogens is 214 g/mol. The highest BCUT2D eigenvalue weighted by Gasteiger charge is 2.29. The third-order valence-electron chi connectivity index (χ3n) is 3.86. The molecule has 1 aliphatic carbocycles. The van der Waals surface area contributed by atoms with Gasteiger partial charge in [0.05, 0.1) is 6.10 Å². The molecule has 3 atom stereocenters. The number of hydrogen-bond acceptors (Lipinski definition) is 3. The van der Waals surface area contributed by atoms with Crippen molar-refractivity contribution < 1.29 is 9.47 Å². The molecule has 0 heterocycles. The number of ether oxygens (including phenoxy) is 2. The topological polar surface area (TPSA) is 44.5 Å². The van der Waals surface area contributed by atoms with E-state index < -0.39 is 0 Å². The summed E-state index contributed by atoms with van der Waals surface area (Å²) in [5, 5.41) is 0. The van der Waals surface area contributed by atoms with Crippen LogP contribution < -0.4 is 5.73 Å². The maximum absolute atomic E-state index is 6.01. The Labute approximate surface area is 106 Å². The number of hydrogen-bond donors (Lipinski definition) is 1. The highest BCUT2D eigenvalue weighted by molar-refractivity contribution is 4.81. The molecule has 0 amide bonds. The largest absolute Gasteiger partial charge is 0.385 e. The van der Waals surface area contributed by atoms with Gasteiger partial charge in [0.2, 0.25) is 0 Å². The fraction of sp³-hybridized carbons (Fsp3) is 1.00. The molecule has 0 aromatic heterocycles. The molecule has 3 unspecified atom stereocenters. The quantitative estimate of drug-likeness (QED) is 0.666. The van der Waals surface area contributed by atoms with Gasteiger partial charge in [0, 0.05) is 20.3 Å². The molecule has 1 aliphatic rings. The second-order valence-corrected chi connectivity index (χ2v) is 5.22. The second kappa shape index (κ2) is 8.90. The molecule has 0 radical (unpaired) electrons. The molecule has 2 N–H and O–H groups in total. The summed E-state index contributed by atoms with van der Waals surface area (Å²) in [6.07, 6.45) is 7.81. The highest BCUT2D eigenvalue weighted by atomic mass is 16.5. The van der Waals surface area contributed by atoms with E-state index in [1.807, 2.05) is 0 Å². The first-order valence-corrected chi connectivity index (χ1v) is 7.12. The van der Waals surface area contributed by atoms with E-state index in [1.54, 1.807) is 7.11 Å². The van der Waals surface area contributed by atoms with Crippen molar-refractivity contribution in [3.8, 4) is 0 Å². The predicted octanol–water partition coefficient (Wildman–Crippen LogP) is 2.58. The molecule has 3 nitrogen and oxygen atoms in total. The number of rotatable bonds is 8. The van der Waals surface area contributed by atoms with Crippen LogP contribution in [0.2, 0.25) is 0 Å². The molecule has 0 saturated heterocycles. The van der Waals surface area contributed by atoms with Gasteiger partial charge in [-0.3, -0.25) is 0 Å². The van der Waals surface area contributed by atoms with E-state index in [0.29, 0.717) is 12.0 Å². The maximum Gasteiger partial charge on any atom is 0.0618 e. The van der Waals surface area contributed by atoms with Crippen molar-refractivity contribution in [2.75, 3.05) is 26.9 Å². The van der Waals surface area contributed by atoms with Gasteiger partial charge in [-0.15, -0.1) is 0 Å². The summed E-state index contributed by atoms with van der Waals surface area (Å²) in [5.41, 5.74) is 5.84. The lowest BCUT2D eigenvalue weighted by Gasteiger charge is -2.35. The van der Waals surface area contributed by atoms with Gasteiger partial charge >= 0.3 is 0 Å². The van der Waals surface area contributed by atoms with Crippen LogP contribution in [0, 0.1) is 11.8 Å². The van der Waals surface area contributed by atoms with E-state index in [-0.39, 0.29) is 0 Å². The Balaban J connectivity index is 2.29. The van der Waals surface area contributed by atoms with Crippen LogP contribution >= 0.6 is 0 Å². The van der Waals surface area contributed by atoms with Crippen LogP contribution in [0.4, 0.5) is 0 Å². The Kier molecular flexibility index (Phi) is 7.82. The zero-order valence-corrected chi connectivity index (χ0v) is 11.5. The first-order valence-electron chi connectivity index (χ1n) is 7.12. The van der Waals surface area contributed by atoms with E-state index in [4.69, 9.17) is 15.2 Å². The SMILES string of the molecule is CCCC1CCC(CN)C(OCCCOC)C1. The average Bonchev–Trinajstić information content (AvgIpc) is 2.35. The van der Waals surface area contributed by atoms with Gasteiger partial charge in [-0.2, -0.15) is 0 Å². The molecule has 102 valence electrons. The zero-order valence-electron chi connectivity index (χ0n) is 11.5. The fourth-order valence-electron chi connectivity index (χ4n) is 2.86. The van der Waals surface area contributed by atoms with Gasteiger partial charge in [-0.1, -0.05) is 19.8 Å². The van der Waals surface area contributed by atoms with Crippen molar-refractivity contribution in [3.05, 3.63) is 0 Å². The molecule has 1 saturated carbocycles. The standard InChI is InChI=1S/C14H29NO2/c1-3-5-12-6-7-13(11-15)14(10-12)17-9-4-8-16-2/h12-14H,3-11,15H2,1-2H3. The summed E-state index contributed by atoms with van der Waals surface area (Å²) in [7, 11) is 1.74. The molecule has 1 rings (SSSR count). The first-order chi connectivity index (χ1) is 8.31. The lowest BCUT2D eigenvalue weighted by Crippen LogP contribution is -2.36. The van der Waals surface area contributed by atoms with Crippen molar-refractivity contribution in [2.24, 2.45) is 17.6 Å². The summed E-state index contributed by atoms with van der Waals surface area (Å²) >= 11 is 0. The van der Waals surface area contributed by atoms with Crippen molar-refractivity contribution in [3.63, 3.8) is 0 Å². The maximum atomic E-state index is 6.01. The van der Waals surface area contributed by atoms with Crippen molar-refractivity contribution in [2.45, 2.75) is 51.6 Å². The monoisotopic (exact) mass is 243 g/mol. The van der Waals surface area contributed by atoms with Gasteiger partial charge in [0.1, 0.15) is 0 Å². The van der Waals surface area contributed by atoms with E-state index in [2.05, 4.69) is 6.92 Å². The van der Waals surface area contributed by atoms with Crippen LogP contribution in [0.15, 0.2) is 0 Å². The van der Waals surface area contributed by atoms with Crippen molar-refractivity contribution >= 4 is 0 Å². The van der Waals surface area contributed by atoms with Crippen LogP contribution in [0.1, 0.15) is 45.4 Å². The third kappa shape index (κ3) is 5.36. The summed E-state index contributed by atoms with van der Waals surface area (Å²) in [4.78, 5) is 0. The van der Waals surface area contributed by atoms with Crippen molar-refractivity contribution in [1.82, 2.24) is 0 Å². The molecule has 17 heavy (non-hydrogen) atoms. The average molecular weight is 243 g/mol. The molecule has 0 bridgehead atoms. The second-order valence-electron chi connectivity index (χ2n) is 5.22. The Morgan fingerprint density at radius 1 is 1.24 bits per heavy atom. The lowest BCUT2D eigenvalue weighted by molar-refractivity contribution is -0.0299.